The number of methoxy groups -OCH3 is 2. The average Bonchev–Trinajstić information content (AvgIpc) is 2.60. The number of nitrogens with one attached hydrogen (secondary N) is 2. The zero-order chi connectivity index (χ0) is 16.5. The third-order valence-electron chi connectivity index (χ3n) is 4.39. The second kappa shape index (κ2) is 9.65. The summed E-state index contributed by atoms with van der Waals surface area (Å²) in [7, 11) is 3.15. The summed E-state index contributed by atoms with van der Waals surface area (Å²) < 4.78 is 10.1. The Morgan fingerprint density at radius 2 is 1.78 bits per heavy atom. The average molecular weight is 320 g/mol. The van der Waals surface area contributed by atoms with Gasteiger partial charge in [0.1, 0.15) is 0 Å². The van der Waals surface area contributed by atoms with Crippen molar-refractivity contribution in [1.82, 2.24) is 5.32 Å². The van der Waals surface area contributed by atoms with Crippen molar-refractivity contribution >= 4 is 11.6 Å². The van der Waals surface area contributed by atoms with E-state index in [2.05, 4.69) is 22.8 Å². The van der Waals surface area contributed by atoms with E-state index < -0.39 is 0 Å². The summed E-state index contributed by atoms with van der Waals surface area (Å²) in [6, 6.07) is 8.28. The smallest absolute Gasteiger partial charge is 0.238 e. The van der Waals surface area contributed by atoms with E-state index in [9.17, 15) is 4.79 Å². The number of hydrogen-bond acceptors (Lipinski definition) is 4. The lowest BCUT2D eigenvalue weighted by molar-refractivity contribution is -0.116. The summed E-state index contributed by atoms with van der Waals surface area (Å²) in [6.07, 6.45) is 6.27. The van der Waals surface area contributed by atoms with Gasteiger partial charge in [0.25, 0.3) is 0 Å². The molecule has 0 bridgehead atoms. The maximum absolute atomic E-state index is 11.9. The van der Waals surface area contributed by atoms with E-state index in [1.165, 1.54) is 37.7 Å². The van der Waals surface area contributed by atoms with E-state index in [1.54, 1.807) is 14.2 Å². The quantitative estimate of drug-likeness (QED) is 0.723. The van der Waals surface area contributed by atoms with Crippen LogP contribution in [-0.2, 0) is 14.3 Å². The highest BCUT2D eigenvalue weighted by Crippen LogP contribution is 2.32. The van der Waals surface area contributed by atoms with Gasteiger partial charge in [0.2, 0.25) is 5.91 Å². The lowest BCUT2D eigenvalue weighted by Gasteiger charge is -2.22. The maximum atomic E-state index is 11.9. The fourth-order valence-electron chi connectivity index (χ4n) is 3.05. The third-order valence-corrected chi connectivity index (χ3v) is 4.39. The highest BCUT2D eigenvalue weighted by molar-refractivity contribution is 5.92. The molecular weight excluding hydrogens is 292 g/mol. The molecule has 128 valence electrons. The van der Waals surface area contributed by atoms with Gasteiger partial charge in [-0.1, -0.05) is 31.4 Å². The molecule has 0 unspecified atom stereocenters. The lowest BCUT2D eigenvalue weighted by Crippen LogP contribution is -2.35. The standard InChI is InChI=1S/C18H28N2O3/c1-22-18(23-2)13-19-12-17(21)20-16-10-8-15(9-11-16)14-6-4-3-5-7-14/h8-11,14,18-19H,3-7,12-13H2,1-2H3,(H,20,21). The Balaban J connectivity index is 1.75. The van der Waals surface area contributed by atoms with Gasteiger partial charge in [0.05, 0.1) is 6.54 Å². The first-order valence-corrected chi connectivity index (χ1v) is 8.39. The molecule has 0 aromatic heterocycles. The lowest BCUT2D eigenvalue weighted by atomic mass is 9.84. The third kappa shape index (κ3) is 5.94. The first-order valence-electron chi connectivity index (χ1n) is 8.39. The summed E-state index contributed by atoms with van der Waals surface area (Å²) in [5, 5.41) is 5.91. The van der Waals surface area contributed by atoms with E-state index in [0.717, 1.165) is 5.69 Å². The molecule has 0 heterocycles. The Hall–Kier alpha value is -1.43. The molecule has 2 N–H and O–H groups in total. The summed E-state index contributed by atoms with van der Waals surface area (Å²) in [6.45, 7) is 0.703. The Bertz CT molecular complexity index is 466. The number of benzene rings is 1. The monoisotopic (exact) mass is 320 g/mol. The summed E-state index contributed by atoms with van der Waals surface area (Å²) in [4.78, 5) is 11.9. The fraction of sp³-hybridized carbons (Fsp3) is 0.611. The van der Waals surface area contributed by atoms with E-state index >= 15 is 0 Å². The molecule has 1 fully saturated rings. The second-order valence-electron chi connectivity index (χ2n) is 6.04. The van der Waals surface area contributed by atoms with E-state index in [1.807, 2.05) is 12.1 Å². The van der Waals surface area contributed by atoms with Crippen LogP contribution in [-0.4, -0.2) is 39.5 Å². The van der Waals surface area contributed by atoms with Gasteiger partial charge in [-0.2, -0.15) is 0 Å². The normalized spacial score (nSPS) is 15.8. The van der Waals surface area contributed by atoms with Crippen LogP contribution in [0.15, 0.2) is 24.3 Å². The molecular formula is C18H28N2O3. The Kier molecular flexibility index (Phi) is 7.52. The molecule has 1 aliphatic rings. The van der Waals surface area contributed by atoms with Crippen LogP contribution in [0.5, 0.6) is 0 Å². The van der Waals surface area contributed by atoms with Crippen LogP contribution in [0.2, 0.25) is 0 Å². The van der Waals surface area contributed by atoms with Gasteiger partial charge in [-0.3, -0.25) is 4.79 Å². The molecule has 1 aliphatic carbocycles. The van der Waals surface area contributed by atoms with Crippen molar-refractivity contribution in [2.75, 3.05) is 32.6 Å². The molecule has 1 amide bonds. The maximum Gasteiger partial charge on any atom is 0.238 e. The number of rotatable bonds is 8. The van der Waals surface area contributed by atoms with E-state index in [-0.39, 0.29) is 18.7 Å². The van der Waals surface area contributed by atoms with Crippen LogP contribution in [0.25, 0.3) is 0 Å². The summed E-state index contributed by atoms with van der Waals surface area (Å²) >= 11 is 0. The molecule has 0 saturated heterocycles. The summed E-state index contributed by atoms with van der Waals surface area (Å²) in [5.41, 5.74) is 2.23. The minimum absolute atomic E-state index is 0.0682. The van der Waals surface area contributed by atoms with Crippen LogP contribution in [0, 0.1) is 0 Å². The number of hydrogen-bond donors (Lipinski definition) is 2. The number of amides is 1. The van der Waals surface area contributed by atoms with Crippen molar-refractivity contribution in [1.29, 1.82) is 0 Å². The van der Waals surface area contributed by atoms with Crippen molar-refractivity contribution in [3.63, 3.8) is 0 Å². The van der Waals surface area contributed by atoms with Gasteiger partial charge >= 0.3 is 0 Å². The van der Waals surface area contributed by atoms with Crippen LogP contribution in [0.4, 0.5) is 5.69 Å². The van der Waals surface area contributed by atoms with Gasteiger partial charge in [-0.15, -0.1) is 0 Å². The number of carbonyl (C=O) groups is 1. The minimum Gasteiger partial charge on any atom is -0.355 e. The van der Waals surface area contributed by atoms with Crippen molar-refractivity contribution in [3.8, 4) is 0 Å². The van der Waals surface area contributed by atoms with Gasteiger partial charge < -0.3 is 20.1 Å². The van der Waals surface area contributed by atoms with Gasteiger partial charge in [-0.05, 0) is 36.5 Å². The van der Waals surface area contributed by atoms with Crippen LogP contribution in [0.1, 0.15) is 43.6 Å². The van der Waals surface area contributed by atoms with Crippen LogP contribution in [0.3, 0.4) is 0 Å². The Morgan fingerprint density at radius 1 is 1.13 bits per heavy atom. The first-order chi connectivity index (χ1) is 11.2. The molecule has 1 aromatic carbocycles. The highest BCUT2D eigenvalue weighted by Gasteiger charge is 2.15. The largest absolute Gasteiger partial charge is 0.355 e. The first kappa shape index (κ1) is 17.9. The van der Waals surface area contributed by atoms with Crippen LogP contribution < -0.4 is 10.6 Å². The van der Waals surface area contributed by atoms with Crippen molar-refractivity contribution < 1.29 is 14.3 Å². The van der Waals surface area contributed by atoms with Gasteiger partial charge in [0.15, 0.2) is 6.29 Å². The van der Waals surface area contributed by atoms with Gasteiger partial charge in [-0.25, -0.2) is 0 Å². The Labute approximate surface area is 138 Å². The molecule has 0 radical (unpaired) electrons. The minimum atomic E-state index is -0.336. The number of ether oxygens (including phenoxy) is 2. The SMILES string of the molecule is COC(CNCC(=O)Nc1ccc(C2CCCCC2)cc1)OC. The van der Waals surface area contributed by atoms with E-state index in [4.69, 9.17) is 9.47 Å². The van der Waals surface area contributed by atoms with Gasteiger partial charge in [0, 0.05) is 26.5 Å². The molecule has 1 aromatic rings. The molecule has 0 aliphatic heterocycles. The molecule has 5 nitrogen and oxygen atoms in total. The van der Waals surface area contributed by atoms with Crippen molar-refractivity contribution in [2.45, 2.75) is 44.3 Å². The zero-order valence-corrected chi connectivity index (χ0v) is 14.1. The molecule has 23 heavy (non-hydrogen) atoms. The molecule has 2 rings (SSSR count). The second-order valence-corrected chi connectivity index (χ2v) is 6.04. The topological polar surface area (TPSA) is 59.6 Å². The molecule has 1 saturated carbocycles. The zero-order valence-electron chi connectivity index (χ0n) is 14.1. The Morgan fingerprint density at radius 3 is 2.39 bits per heavy atom. The predicted molar refractivity (Wildman–Crippen MR) is 91.6 cm³/mol. The number of anilines is 1. The van der Waals surface area contributed by atoms with Crippen LogP contribution >= 0.6 is 0 Å². The van der Waals surface area contributed by atoms with Crippen molar-refractivity contribution in [2.24, 2.45) is 0 Å². The fourth-order valence-corrected chi connectivity index (χ4v) is 3.05. The van der Waals surface area contributed by atoms with Crippen molar-refractivity contribution in [3.05, 3.63) is 29.8 Å². The summed E-state index contributed by atoms with van der Waals surface area (Å²) in [5.74, 6) is 0.622. The van der Waals surface area contributed by atoms with E-state index in [0.29, 0.717) is 12.5 Å². The predicted octanol–water partition coefficient (Wildman–Crippen LogP) is 2.88. The molecule has 5 heteroatoms. The molecule has 0 spiro atoms. The highest BCUT2D eigenvalue weighted by atomic mass is 16.7. The number of carbonyl (C=O) groups excluding carboxylic acids is 1. The molecule has 0 atom stereocenters.